The van der Waals surface area contributed by atoms with Crippen LogP contribution in [0.3, 0.4) is 0 Å². The highest BCUT2D eigenvalue weighted by molar-refractivity contribution is 7.99. The molecule has 0 N–H and O–H groups in total. The first-order valence-electron chi connectivity index (χ1n) is 14.5. The maximum atomic E-state index is 6.36. The van der Waals surface area contributed by atoms with E-state index in [2.05, 4.69) is 136 Å². The number of ether oxygens (including phenoxy) is 1. The third-order valence-corrected chi connectivity index (χ3v) is 9.56. The SMILES string of the molecule is CC(C)(C)c1cc(-c2ccc3c(c2)Oc2ccccc2S3)cc(-c2ccc3c4ccccc4c4ccccc4c3c2)c1. The molecule has 0 amide bonds. The Labute approximate surface area is 250 Å². The second kappa shape index (κ2) is 9.51. The molecule has 0 saturated carbocycles. The van der Waals surface area contributed by atoms with Gasteiger partial charge in [0.2, 0.25) is 0 Å². The van der Waals surface area contributed by atoms with Gasteiger partial charge in [-0.05, 0) is 102 Å². The first kappa shape index (κ1) is 25.2. The van der Waals surface area contributed by atoms with Gasteiger partial charge >= 0.3 is 0 Å². The predicted octanol–water partition coefficient (Wildman–Crippen LogP) is 12.0. The van der Waals surface area contributed by atoms with E-state index >= 15 is 0 Å². The fourth-order valence-corrected chi connectivity index (χ4v) is 7.12. The Morgan fingerprint density at radius 2 is 0.952 bits per heavy atom. The lowest BCUT2D eigenvalue weighted by atomic mass is 9.83. The Kier molecular flexibility index (Phi) is 5.70. The fourth-order valence-electron chi connectivity index (χ4n) is 6.19. The maximum absolute atomic E-state index is 6.36. The molecule has 0 unspecified atom stereocenters. The maximum Gasteiger partial charge on any atom is 0.142 e. The van der Waals surface area contributed by atoms with E-state index in [1.807, 2.05) is 12.1 Å². The molecule has 0 aromatic heterocycles. The molecule has 0 aliphatic carbocycles. The minimum absolute atomic E-state index is 0.00398. The largest absolute Gasteiger partial charge is 0.455 e. The normalized spacial score (nSPS) is 12.7. The van der Waals surface area contributed by atoms with Crippen LogP contribution in [0.5, 0.6) is 11.5 Å². The van der Waals surface area contributed by atoms with E-state index in [0.29, 0.717) is 0 Å². The molecule has 7 aromatic carbocycles. The number of rotatable bonds is 2. The number of benzene rings is 7. The molecule has 2 heteroatoms. The number of para-hydroxylation sites is 1. The molecule has 0 fully saturated rings. The van der Waals surface area contributed by atoms with Crippen LogP contribution in [0.1, 0.15) is 26.3 Å². The van der Waals surface area contributed by atoms with Crippen molar-refractivity contribution in [3.05, 3.63) is 133 Å². The quantitative estimate of drug-likeness (QED) is 0.195. The second-order valence-electron chi connectivity index (χ2n) is 12.2. The van der Waals surface area contributed by atoms with Crippen LogP contribution in [0.4, 0.5) is 0 Å². The number of fused-ring (bicyclic) bond motifs is 8. The molecule has 8 rings (SSSR count). The minimum atomic E-state index is 0.00398. The van der Waals surface area contributed by atoms with E-state index in [-0.39, 0.29) is 5.41 Å². The first-order chi connectivity index (χ1) is 20.4. The van der Waals surface area contributed by atoms with Gasteiger partial charge in [-0.25, -0.2) is 0 Å². The Morgan fingerprint density at radius 3 is 1.62 bits per heavy atom. The lowest BCUT2D eigenvalue weighted by Gasteiger charge is -2.23. The zero-order chi connectivity index (χ0) is 28.4. The standard InChI is InChI=1S/C40H30OS/c1-40(2,3)29-21-27(20-28(22-29)26-17-19-39-37(24-26)41-36-14-8-9-15-38(36)42-39)25-16-18-34-32-12-5-4-10-30(32)31-11-6-7-13-33(31)35(34)23-25/h4-24H,1-3H3. The highest BCUT2D eigenvalue weighted by Crippen LogP contribution is 2.48. The lowest BCUT2D eigenvalue weighted by molar-refractivity contribution is 0.455. The average Bonchev–Trinajstić information content (AvgIpc) is 3.03. The second-order valence-corrected chi connectivity index (χ2v) is 13.3. The summed E-state index contributed by atoms with van der Waals surface area (Å²) in [6.07, 6.45) is 0. The van der Waals surface area contributed by atoms with Crippen molar-refractivity contribution in [2.75, 3.05) is 0 Å². The summed E-state index contributed by atoms with van der Waals surface area (Å²) in [5.74, 6) is 1.84. The molecule has 1 aliphatic rings. The van der Waals surface area contributed by atoms with Gasteiger partial charge in [-0.15, -0.1) is 0 Å². The van der Waals surface area contributed by atoms with Gasteiger partial charge in [-0.2, -0.15) is 0 Å². The molecule has 0 atom stereocenters. The van der Waals surface area contributed by atoms with Crippen molar-refractivity contribution < 1.29 is 4.74 Å². The summed E-state index contributed by atoms with van der Waals surface area (Å²) in [4.78, 5) is 2.31. The summed E-state index contributed by atoms with van der Waals surface area (Å²) in [5.41, 5.74) is 6.15. The monoisotopic (exact) mass is 558 g/mol. The first-order valence-corrected chi connectivity index (χ1v) is 15.3. The van der Waals surface area contributed by atoms with Crippen molar-refractivity contribution in [2.45, 2.75) is 36.0 Å². The van der Waals surface area contributed by atoms with E-state index in [9.17, 15) is 0 Å². The summed E-state index contributed by atoms with van der Waals surface area (Å²) in [5, 5.41) is 7.80. The number of hydrogen-bond donors (Lipinski definition) is 0. The van der Waals surface area contributed by atoms with Crippen molar-refractivity contribution in [1.29, 1.82) is 0 Å². The summed E-state index contributed by atoms with van der Waals surface area (Å²) in [6.45, 7) is 6.87. The Morgan fingerprint density at radius 1 is 0.429 bits per heavy atom. The van der Waals surface area contributed by atoms with Gasteiger partial charge in [0.25, 0.3) is 0 Å². The van der Waals surface area contributed by atoms with Crippen LogP contribution in [0.2, 0.25) is 0 Å². The predicted molar refractivity (Wildman–Crippen MR) is 179 cm³/mol. The van der Waals surface area contributed by atoms with Crippen molar-refractivity contribution in [3.63, 3.8) is 0 Å². The van der Waals surface area contributed by atoms with Gasteiger partial charge in [0.05, 0.1) is 9.79 Å². The van der Waals surface area contributed by atoms with Crippen molar-refractivity contribution in [2.24, 2.45) is 0 Å². The van der Waals surface area contributed by atoms with E-state index in [0.717, 1.165) is 21.3 Å². The van der Waals surface area contributed by atoms with Crippen molar-refractivity contribution in [1.82, 2.24) is 0 Å². The molecule has 1 heterocycles. The molecule has 0 bridgehead atoms. The molecule has 202 valence electrons. The van der Waals surface area contributed by atoms with Crippen LogP contribution >= 0.6 is 11.8 Å². The zero-order valence-electron chi connectivity index (χ0n) is 23.9. The molecule has 1 aliphatic heterocycles. The molecule has 0 radical (unpaired) electrons. The molecule has 0 spiro atoms. The van der Waals surface area contributed by atoms with E-state index in [1.165, 1.54) is 60.1 Å². The van der Waals surface area contributed by atoms with Crippen LogP contribution in [0.25, 0.3) is 54.6 Å². The van der Waals surface area contributed by atoms with Crippen LogP contribution in [-0.4, -0.2) is 0 Å². The topological polar surface area (TPSA) is 9.23 Å². The van der Waals surface area contributed by atoms with Gasteiger partial charge in [0.1, 0.15) is 11.5 Å². The molecular formula is C40H30OS. The molecule has 1 nitrogen and oxygen atoms in total. The Hall–Kier alpha value is -4.53. The number of hydrogen-bond acceptors (Lipinski definition) is 2. The smallest absolute Gasteiger partial charge is 0.142 e. The summed E-state index contributed by atoms with van der Waals surface area (Å²) >= 11 is 1.77. The Bertz CT molecular complexity index is 2150. The Balaban J connectivity index is 1.30. The highest BCUT2D eigenvalue weighted by atomic mass is 32.2. The third-order valence-electron chi connectivity index (χ3n) is 8.44. The van der Waals surface area contributed by atoms with Crippen molar-refractivity contribution >= 4 is 44.1 Å². The summed E-state index contributed by atoms with van der Waals surface area (Å²) in [6, 6.07) is 46.5. The van der Waals surface area contributed by atoms with Gasteiger partial charge in [0, 0.05) is 0 Å². The molecule has 42 heavy (non-hydrogen) atoms. The van der Waals surface area contributed by atoms with Gasteiger partial charge in [0.15, 0.2) is 0 Å². The zero-order valence-corrected chi connectivity index (χ0v) is 24.8. The van der Waals surface area contributed by atoms with E-state index in [4.69, 9.17) is 4.74 Å². The molecule has 7 aromatic rings. The molecule has 0 saturated heterocycles. The van der Waals surface area contributed by atoms with E-state index in [1.54, 1.807) is 11.8 Å². The molecular weight excluding hydrogens is 529 g/mol. The van der Waals surface area contributed by atoms with Crippen LogP contribution in [0.15, 0.2) is 137 Å². The summed E-state index contributed by atoms with van der Waals surface area (Å²) < 4.78 is 6.36. The lowest BCUT2D eigenvalue weighted by Crippen LogP contribution is -2.11. The van der Waals surface area contributed by atoms with Gasteiger partial charge in [-0.3, -0.25) is 0 Å². The minimum Gasteiger partial charge on any atom is -0.455 e. The highest BCUT2D eigenvalue weighted by Gasteiger charge is 2.20. The average molecular weight is 559 g/mol. The van der Waals surface area contributed by atoms with Gasteiger partial charge in [-0.1, -0.05) is 124 Å². The van der Waals surface area contributed by atoms with Crippen molar-refractivity contribution in [3.8, 4) is 33.8 Å². The fraction of sp³-hybridized carbons (Fsp3) is 0.100. The van der Waals surface area contributed by atoms with Gasteiger partial charge < -0.3 is 4.74 Å². The van der Waals surface area contributed by atoms with Crippen LogP contribution in [0, 0.1) is 0 Å². The third kappa shape index (κ3) is 4.18. The van der Waals surface area contributed by atoms with Crippen LogP contribution < -0.4 is 4.74 Å². The van der Waals surface area contributed by atoms with Crippen LogP contribution in [-0.2, 0) is 5.41 Å². The van der Waals surface area contributed by atoms with E-state index < -0.39 is 0 Å². The summed E-state index contributed by atoms with van der Waals surface area (Å²) in [7, 11) is 0.